The summed E-state index contributed by atoms with van der Waals surface area (Å²) in [5.74, 6) is 1.31. The number of aromatic amines is 1. The number of hydrogen-bond acceptors (Lipinski definition) is 7. The lowest BCUT2D eigenvalue weighted by molar-refractivity contribution is 0.341. The van der Waals surface area contributed by atoms with Crippen molar-refractivity contribution in [1.29, 1.82) is 0 Å². The summed E-state index contributed by atoms with van der Waals surface area (Å²) < 4.78 is 36.4. The zero-order chi connectivity index (χ0) is 26.0. The van der Waals surface area contributed by atoms with E-state index in [9.17, 15) is 13.2 Å². The highest BCUT2D eigenvalue weighted by atomic mass is 32.2. The van der Waals surface area contributed by atoms with Crippen molar-refractivity contribution < 1.29 is 13.2 Å². The Morgan fingerprint density at radius 1 is 1.28 bits per heavy atom. The molecule has 0 aliphatic carbocycles. The molecule has 1 aliphatic rings. The summed E-state index contributed by atoms with van der Waals surface area (Å²) in [6, 6.07) is 4.65. The van der Waals surface area contributed by atoms with Crippen molar-refractivity contribution in [1.82, 2.24) is 29.4 Å². The third-order valence-electron chi connectivity index (χ3n) is 6.56. The van der Waals surface area contributed by atoms with Gasteiger partial charge in [-0.15, -0.1) is 0 Å². The molecule has 3 aromatic rings. The predicted octanol–water partition coefficient (Wildman–Crippen LogP) is 2.54. The van der Waals surface area contributed by atoms with Crippen LogP contribution in [0.1, 0.15) is 39.8 Å². The lowest BCUT2D eigenvalue weighted by Crippen LogP contribution is -2.31. The van der Waals surface area contributed by atoms with Gasteiger partial charge < -0.3 is 14.6 Å². The lowest BCUT2D eigenvalue weighted by Gasteiger charge is -2.15. The second-order valence-electron chi connectivity index (χ2n) is 9.77. The topological polar surface area (TPSA) is 122 Å². The third kappa shape index (κ3) is 5.47. The molecule has 196 valence electrons. The van der Waals surface area contributed by atoms with Crippen molar-refractivity contribution in [3.05, 3.63) is 34.2 Å². The minimum absolute atomic E-state index is 0.0997. The Kier molecular flexibility index (Phi) is 7.82. The minimum Gasteiger partial charge on any atom is -0.493 e. The first kappa shape index (κ1) is 26.3. The van der Waals surface area contributed by atoms with Gasteiger partial charge in [0.1, 0.15) is 17.1 Å². The largest absolute Gasteiger partial charge is 0.493 e. The molecule has 11 heteroatoms. The van der Waals surface area contributed by atoms with Crippen LogP contribution >= 0.6 is 0 Å². The van der Waals surface area contributed by atoms with E-state index in [1.807, 2.05) is 6.92 Å². The summed E-state index contributed by atoms with van der Waals surface area (Å²) in [7, 11) is -2.05. The number of hydrogen-bond donors (Lipinski definition) is 2. The molecule has 0 saturated carbocycles. The van der Waals surface area contributed by atoms with Crippen LogP contribution in [0.25, 0.3) is 22.4 Å². The molecule has 0 radical (unpaired) electrons. The zero-order valence-electron chi connectivity index (χ0n) is 21.7. The van der Waals surface area contributed by atoms with Crippen molar-refractivity contribution in [2.45, 2.75) is 45.4 Å². The van der Waals surface area contributed by atoms with Crippen LogP contribution in [-0.2, 0) is 23.5 Å². The van der Waals surface area contributed by atoms with Crippen molar-refractivity contribution >= 4 is 21.1 Å². The fraction of sp³-hybridized carbons (Fsp3) is 0.560. The zero-order valence-corrected chi connectivity index (χ0v) is 22.5. The van der Waals surface area contributed by atoms with Crippen molar-refractivity contribution in [2.75, 3.05) is 32.8 Å². The van der Waals surface area contributed by atoms with Gasteiger partial charge in [0.2, 0.25) is 10.0 Å². The van der Waals surface area contributed by atoms with E-state index in [-0.39, 0.29) is 22.2 Å². The number of ether oxygens (including phenoxy) is 1. The normalized spacial score (nSPS) is 16.9. The average Bonchev–Trinajstić information content (AvgIpc) is 3.42. The molecule has 1 aromatic carbocycles. The Labute approximate surface area is 212 Å². The minimum atomic E-state index is -3.77. The van der Waals surface area contributed by atoms with E-state index in [0.29, 0.717) is 47.8 Å². The van der Waals surface area contributed by atoms with E-state index in [1.165, 1.54) is 12.1 Å². The van der Waals surface area contributed by atoms with Gasteiger partial charge in [-0.2, -0.15) is 5.10 Å². The van der Waals surface area contributed by atoms with Crippen LogP contribution in [0, 0.1) is 11.8 Å². The summed E-state index contributed by atoms with van der Waals surface area (Å²) >= 11 is 0. The molecule has 1 atom stereocenters. The number of rotatable bonds is 10. The molecule has 1 saturated heterocycles. The van der Waals surface area contributed by atoms with Crippen molar-refractivity contribution in [3.8, 4) is 17.1 Å². The van der Waals surface area contributed by atoms with Crippen LogP contribution < -0.4 is 15.0 Å². The molecular weight excluding hydrogens is 480 g/mol. The molecular formula is C25H36N6O4S. The number of nitrogens with one attached hydrogen (secondary N) is 2. The fourth-order valence-corrected chi connectivity index (χ4v) is 5.86. The van der Waals surface area contributed by atoms with Crippen LogP contribution in [0.4, 0.5) is 0 Å². The Hall–Kier alpha value is -2.76. The fourth-order valence-electron chi connectivity index (χ4n) is 4.72. The van der Waals surface area contributed by atoms with Crippen molar-refractivity contribution in [3.63, 3.8) is 0 Å². The lowest BCUT2D eigenvalue weighted by atomic mass is 10.1. The van der Waals surface area contributed by atoms with E-state index in [2.05, 4.69) is 40.5 Å². The summed E-state index contributed by atoms with van der Waals surface area (Å²) in [6.45, 7) is 11.7. The summed E-state index contributed by atoms with van der Waals surface area (Å²) in [5, 5.41) is 4.51. The Morgan fingerprint density at radius 3 is 2.72 bits per heavy atom. The number of likely N-dealkylation sites (tertiary alicyclic amines) is 1. The van der Waals surface area contributed by atoms with E-state index in [1.54, 1.807) is 17.8 Å². The second kappa shape index (κ2) is 10.7. The van der Waals surface area contributed by atoms with Crippen LogP contribution in [0.5, 0.6) is 5.75 Å². The van der Waals surface area contributed by atoms with Gasteiger partial charge in [0.25, 0.3) is 5.56 Å². The number of fused-ring (bicyclic) bond motifs is 1. The maximum absolute atomic E-state index is 13.2. The molecule has 0 amide bonds. The highest BCUT2D eigenvalue weighted by molar-refractivity contribution is 7.89. The Morgan fingerprint density at radius 2 is 2.06 bits per heavy atom. The van der Waals surface area contributed by atoms with E-state index in [0.717, 1.165) is 31.7 Å². The van der Waals surface area contributed by atoms with Gasteiger partial charge in [0.05, 0.1) is 22.8 Å². The highest BCUT2D eigenvalue weighted by Crippen LogP contribution is 2.31. The Bertz CT molecular complexity index is 1400. The van der Waals surface area contributed by atoms with Crippen LogP contribution in [-0.4, -0.2) is 65.9 Å². The quantitative estimate of drug-likeness (QED) is 0.425. The van der Waals surface area contributed by atoms with E-state index < -0.39 is 10.0 Å². The van der Waals surface area contributed by atoms with Gasteiger partial charge >= 0.3 is 0 Å². The van der Waals surface area contributed by atoms with Crippen LogP contribution in [0.2, 0.25) is 0 Å². The first-order valence-corrected chi connectivity index (χ1v) is 14.1. The molecule has 1 unspecified atom stereocenters. The first-order chi connectivity index (χ1) is 17.1. The molecule has 10 nitrogen and oxygen atoms in total. The molecule has 1 aliphatic heterocycles. The molecule has 2 aromatic heterocycles. The molecule has 36 heavy (non-hydrogen) atoms. The number of sulfonamides is 1. The molecule has 4 rings (SSSR count). The summed E-state index contributed by atoms with van der Waals surface area (Å²) in [4.78, 5) is 23.0. The van der Waals surface area contributed by atoms with Crippen LogP contribution in [0.3, 0.4) is 0 Å². The van der Waals surface area contributed by atoms with Crippen molar-refractivity contribution in [2.24, 2.45) is 18.9 Å². The predicted molar refractivity (Wildman–Crippen MR) is 140 cm³/mol. The molecule has 0 spiro atoms. The molecule has 3 heterocycles. The standard InChI is InChI=1S/C25H36N6O4S/c1-6-31-11-10-17(15-31)14-26-36(33,34)18-8-9-21(35-7-2)19(13-18)24-27-22-20(12-16(3)4)29-30(5)23(22)25(32)28-24/h8-9,13,16-17,26H,6-7,10-12,14-15H2,1-5H3,(H,27,28,32). The number of aryl methyl sites for hydroxylation is 1. The number of benzene rings is 1. The highest BCUT2D eigenvalue weighted by Gasteiger charge is 2.25. The van der Waals surface area contributed by atoms with Crippen LogP contribution in [0.15, 0.2) is 27.9 Å². The number of aromatic nitrogens is 4. The molecule has 2 N–H and O–H groups in total. The molecule has 0 bridgehead atoms. The summed E-state index contributed by atoms with van der Waals surface area (Å²) in [5.41, 5.74) is 1.71. The number of H-pyrrole nitrogens is 1. The van der Waals surface area contributed by atoms with Gasteiger partial charge in [-0.1, -0.05) is 20.8 Å². The maximum Gasteiger partial charge on any atom is 0.277 e. The van der Waals surface area contributed by atoms with E-state index in [4.69, 9.17) is 9.72 Å². The third-order valence-corrected chi connectivity index (χ3v) is 7.98. The van der Waals surface area contributed by atoms with Gasteiger partial charge in [-0.05, 0) is 62.9 Å². The first-order valence-electron chi connectivity index (χ1n) is 12.6. The van der Waals surface area contributed by atoms with Gasteiger partial charge in [-0.25, -0.2) is 18.1 Å². The summed E-state index contributed by atoms with van der Waals surface area (Å²) in [6.07, 6.45) is 1.64. The smallest absolute Gasteiger partial charge is 0.277 e. The van der Waals surface area contributed by atoms with Gasteiger partial charge in [0, 0.05) is 20.1 Å². The second-order valence-corrected chi connectivity index (χ2v) is 11.5. The van der Waals surface area contributed by atoms with Gasteiger partial charge in [-0.3, -0.25) is 9.48 Å². The monoisotopic (exact) mass is 516 g/mol. The van der Waals surface area contributed by atoms with Gasteiger partial charge in [0.15, 0.2) is 5.52 Å². The van der Waals surface area contributed by atoms with E-state index >= 15 is 0 Å². The maximum atomic E-state index is 13.2. The average molecular weight is 517 g/mol. The SMILES string of the molecule is CCOc1ccc(S(=O)(=O)NCC2CCN(CC)C2)cc1-c1nc2c(CC(C)C)nn(C)c2c(=O)[nH]1. The molecule has 1 fully saturated rings. The number of nitrogens with zero attached hydrogens (tertiary/aromatic N) is 4. The Balaban J connectivity index is 1.72.